The summed E-state index contributed by atoms with van der Waals surface area (Å²) >= 11 is -1.59. The third-order valence-electron chi connectivity index (χ3n) is 1.98. The molecule has 0 spiro atoms. The Balaban J connectivity index is 2.52. The van der Waals surface area contributed by atoms with E-state index in [0.29, 0.717) is 5.54 Å². The summed E-state index contributed by atoms with van der Waals surface area (Å²) in [6.45, 7) is 6.04. The van der Waals surface area contributed by atoms with Crippen LogP contribution in [0.3, 0.4) is 0 Å². The summed E-state index contributed by atoms with van der Waals surface area (Å²) < 4.78 is 2.71. The molecule has 0 saturated carbocycles. The molecule has 1 heterocycles. The van der Waals surface area contributed by atoms with Gasteiger partial charge in [0.15, 0.2) is 0 Å². The molecule has 1 aliphatic heterocycles. The van der Waals surface area contributed by atoms with Crippen LogP contribution in [0.25, 0.3) is 0 Å². The zero-order chi connectivity index (χ0) is 7.28. The summed E-state index contributed by atoms with van der Waals surface area (Å²) in [5, 5.41) is 0. The van der Waals surface area contributed by atoms with Gasteiger partial charge in [-0.05, 0) is 0 Å². The van der Waals surface area contributed by atoms with Crippen LogP contribution in [0.5, 0.6) is 0 Å². The SMILES string of the molecule is CC1(C)C[N]1[Sn]([CH3])([CH3])[CH3]. The fourth-order valence-corrected chi connectivity index (χ4v) is 9.14. The molecule has 1 saturated heterocycles. The van der Waals surface area contributed by atoms with Crippen molar-refractivity contribution in [2.45, 2.75) is 34.2 Å². The van der Waals surface area contributed by atoms with E-state index in [4.69, 9.17) is 0 Å². The Hall–Kier alpha value is 0.759. The van der Waals surface area contributed by atoms with Crippen molar-refractivity contribution in [3.8, 4) is 0 Å². The molecular formula is C7H17NSn. The Morgan fingerprint density at radius 3 is 1.56 bits per heavy atom. The van der Waals surface area contributed by atoms with Gasteiger partial charge < -0.3 is 0 Å². The second-order valence-electron chi connectivity index (χ2n) is 4.57. The van der Waals surface area contributed by atoms with Crippen molar-refractivity contribution in [3.05, 3.63) is 0 Å². The predicted molar refractivity (Wildman–Crippen MR) is 44.1 cm³/mol. The quantitative estimate of drug-likeness (QED) is 0.494. The van der Waals surface area contributed by atoms with Crippen molar-refractivity contribution in [2.75, 3.05) is 6.54 Å². The third-order valence-corrected chi connectivity index (χ3v) is 8.78. The summed E-state index contributed by atoms with van der Waals surface area (Å²) in [6.07, 6.45) is 0. The molecule has 54 valence electrons. The normalized spacial score (nSPS) is 32.3. The molecule has 0 aromatic heterocycles. The first kappa shape index (κ1) is 7.86. The van der Waals surface area contributed by atoms with E-state index in [9.17, 15) is 0 Å². The monoisotopic (exact) mass is 235 g/mol. The van der Waals surface area contributed by atoms with Crippen LogP contribution in [0.2, 0.25) is 14.8 Å². The van der Waals surface area contributed by atoms with Gasteiger partial charge in [0.1, 0.15) is 0 Å². The Morgan fingerprint density at radius 2 is 1.56 bits per heavy atom. The molecule has 9 heavy (non-hydrogen) atoms. The van der Waals surface area contributed by atoms with Gasteiger partial charge in [0.25, 0.3) is 0 Å². The third kappa shape index (κ3) is 1.61. The van der Waals surface area contributed by atoms with Crippen LogP contribution < -0.4 is 0 Å². The second-order valence-corrected chi connectivity index (χ2v) is 18.5. The first-order valence-corrected chi connectivity index (χ1v) is 13.5. The van der Waals surface area contributed by atoms with E-state index in [1.54, 1.807) is 0 Å². The first-order chi connectivity index (χ1) is 3.84. The van der Waals surface area contributed by atoms with Gasteiger partial charge in [-0.25, -0.2) is 0 Å². The van der Waals surface area contributed by atoms with Gasteiger partial charge in [-0.1, -0.05) is 0 Å². The van der Waals surface area contributed by atoms with Gasteiger partial charge in [-0.2, -0.15) is 0 Å². The summed E-state index contributed by atoms with van der Waals surface area (Å²) in [5.41, 5.74) is 0.578. The summed E-state index contributed by atoms with van der Waals surface area (Å²) in [5.74, 6) is 0. The van der Waals surface area contributed by atoms with Crippen LogP contribution in [-0.2, 0) is 0 Å². The second kappa shape index (κ2) is 1.88. The molecule has 1 aliphatic rings. The Labute approximate surface area is 62.7 Å². The minimum absolute atomic E-state index is 0.578. The van der Waals surface area contributed by atoms with E-state index in [-0.39, 0.29) is 0 Å². The number of hydrogen-bond acceptors (Lipinski definition) is 1. The van der Waals surface area contributed by atoms with Crippen LogP contribution in [0.15, 0.2) is 0 Å². The van der Waals surface area contributed by atoms with Crippen molar-refractivity contribution in [2.24, 2.45) is 0 Å². The molecule has 0 aliphatic carbocycles. The van der Waals surface area contributed by atoms with Crippen LogP contribution >= 0.6 is 0 Å². The van der Waals surface area contributed by atoms with E-state index in [2.05, 4.69) is 31.8 Å². The van der Waals surface area contributed by atoms with Crippen molar-refractivity contribution in [1.82, 2.24) is 3.12 Å². The summed E-state index contributed by atoms with van der Waals surface area (Å²) in [4.78, 5) is 7.43. The molecule has 0 aromatic rings. The van der Waals surface area contributed by atoms with Gasteiger partial charge in [0, 0.05) is 0 Å². The fourth-order valence-electron chi connectivity index (χ4n) is 1.50. The van der Waals surface area contributed by atoms with Crippen LogP contribution in [-0.4, -0.2) is 33.9 Å². The maximum absolute atomic E-state index is 2.71. The van der Waals surface area contributed by atoms with Crippen molar-refractivity contribution in [3.63, 3.8) is 0 Å². The topological polar surface area (TPSA) is 3.01 Å². The summed E-state index contributed by atoms with van der Waals surface area (Å²) in [6, 6.07) is 0. The maximum atomic E-state index is 2.71. The number of hydrogen-bond donors (Lipinski definition) is 0. The zero-order valence-corrected chi connectivity index (χ0v) is 10.0. The van der Waals surface area contributed by atoms with Crippen LogP contribution in [0, 0.1) is 0 Å². The Kier molecular flexibility index (Phi) is 1.64. The van der Waals surface area contributed by atoms with Crippen molar-refractivity contribution in [1.29, 1.82) is 0 Å². The Bertz CT molecular complexity index is 123. The molecule has 0 radical (unpaired) electrons. The van der Waals surface area contributed by atoms with E-state index < -0.39 is 18.7 Å². The van der Waals surface area contributed by atoms with E-state index in [0.717, 1.165) is 0 Å². The average Bonchev–Trinajstić information content (AvgIpc) is 2.10. The number of rotatable bonds is 1. The van der Waals surface area contributed by atoms with E-state index >= 15 is 0 Å². The van der Waals surface area contributed by atoms with Crippen molar-refractivity contribution >= 4 is 18.7 Å². The first-order valence-electron chi connectivity index (χ1n) is 3.62. The molecule has 0 N–H and O–H groups in total. The average molecular weight is 234 g/mol. The van der Waals surface area contributed by atoms with Crippen LogP contribution in [0.4, 0.5) is 0 Å². The zero-order valence-electron chi connectivity index (χ0n) is 7.15. The standard InChI is InChI=1S/C4H8N.3CH3.Sn/c1-4(2)3-5-4;;;;/h3H2,1-2H3;3*1H3;/q-1;;;;+1. The molecule has 1 fully saturated rings. The van der Waals surface area contributed by atoms with E-state index in [1.165, 1.54) is 6.54 Å². The van der Waals surface area contributed by atoms with Gasteiger partial charge in [0.05, 0.1) is 0 Å². The number of nitrogens with zero attached hydrogens (tertiary/aromatic N) is 1. The molecule has 0 bridgehead atoms. The minimum atomic E-state index is -1.59. The van der Waals surface area contributed by atoms with Crippen LogP contribution in [0.1, 0.15) is 13.8 Å². The van der Waals surface area contributed by atoms with Crippen molar-refractivity contribution < 1.29 is 0 Å². The van der Waals surface area contributed by atoms with Gasteiger partial charge in [-0.3, -0.25) is 0 Å². The van der Waals surface area contributed by atoms with Gasteiger partial charge in [0.2, 0.25) is 0 Å². The molecule has 2 heteroatoms. The molecule has 0 aromatic carbocycles. The molecule has 0 amide bonds. The molecule has 1 unspecified atom stereocenters. The fraction of sp³-hybridized carbons (Fsp3) is 1.00. The molecule has 1 nitrogen and oxygen atoms in total. The molecule has 1 rings (SSSR count). The van der Waals surface area contributed by atoms with Gasteiger partial charge in [-0.15, -0.1) is 0 Å². The molecular weight excluding hydrogens is 217 g/mol. The van der Waals surface area contributed by atoms with Gasteiger partial charge >= 0.3 is 62.5 Å². The summed E-state index contributed by atoms with van der Waals surface area (Å²) in [7, 11) is 0. The van der Waals surface area contributed by atoms with E-state index in [1.807, 2.05) is 0 Å². The Morgan fingerprint density at radius 1 is 1.22 bits per heavy atom. The predicted octanol–water partition coefficient (Wildman–Crippen LogP) is 1.92. The molecule has 1 atom stereocenters.